The second kappa shape index (κ2) is 8.20. The minimum absolute atomic E-state index is 0.0246. The summed E-state index contributed by atoms with van der Waals surface area (Å²) in [7, 11) is 1.59. The highest BCUT2D eigenvalue weighted by molar-refractivity contribution is 6.23. The van der Waals surface area contributed by atoms with E-state index < -0.39 is 0 Å². The molecular weight excluding hydrogens is 358 g/mol. The summed E-state index contributed by atoms with van der Waals surface area (Å²) >= 11 is 0. The van der Waals surface area contributed by atoms with E-state index in [0.717, 1.165) is 44.0 Å². The Hall–Kier alpha value is -2.57. The molecule has 0 radical (unpaired) electrons. The number of fused-ring (bicyclic) bond motifs is 3. The predicted molar refractivity (Wildman–Crippen MR) is 106 cm³/mol. The Morgan fingerprint density at radius 1 is 1.04 bits per heavy atom. The van der Waals surface area contributed by atoms with Crippen molar-refractivity contribution in [1.82, 2.24) is 4.90 Å². The molecule has 4 rings (SSSR count). The molecule has 0 N–H and O–H groups in total. The maximum absolute atomic E-state index is 13.0. The first-order chi connectivity index (χ1) is 13.7. The third kappa shape index (κ3) is 3.45. The molecule has 28 heavy (non-hydrogen) atoms. The number of nitrogens with zero attached hydrogens (tertiary/aromatic N) is 1. The fourth-order valence-corrected chi connectivity index (χ4v) is 3.77. The third-order valence-corrected chi connectivity index (χ3v) is 5.15. The average molecular weight is 383 g/mol. The van der Waals surface area contributed by atoms with Crippen LogP contribution in [0, 0.1) is 0 Å². The van der Waals surface area contributed by atoms with Gasteiger partial charge in [0.25, 0.3) is 0 Å². The third-order valence-electron chi connectivity index (χ3n) is 5.15. The lowest BCUT2D eigenvalue weighted by Crippen LogP contribution is -2.38. The van der Waals surface area contributed by atoms with Crippen molar-refractivity contribution < 1.29 is 23.7 Å². The largest absolute Gasteiger partial charge is 0.497 e. The molecule has 6 heteroatoms. The fraction of sp³-hybridized carbons (Fsp3) is 0.409. The molecule has 1 heterocycles. The standard InChI is InChI=1S/C22H25NO5/c1-3-27-19-14-15(25-2)13-17-21(19)20-16(22(17)24)5-4-6-18(20)28-12-9-23-7-10-26-11-8-23/h4-6,13-14H,3,7-12H2,1-2H3. The molecule has 6 nitrogen and oxygen atoms in total. The number of carbonyl (C=O) groups excluding carboxylic acids is 1. The van der Waals surface area contributed by atoms with Crippen molar-refractivity contribution in [3.05, 3.63) is 41.5 Å². The molecule has 0 bridgehead atoms. The molecule has 0 unspecified atom stereocenters. The van der Waals surface area contributed by atoms with Gasteiger partial charge in [0.05, 0.1) is 26.9 Å². The Morgan fingerprint density at radius 2 is 1.82 bits per heavy atom. The van der Waals surface area contributed by atoms with Gasteiger partial charge in [0.2, 0.25) is 0 Å². The molecule has 0 atom stereocenters. The van der Waals surface area contributed by atoms with Gasteiger partial charge in [-0.05, 0) is 19.1 Å². The SMILES string of the molecule is CCOc1cc(OC)cc2c1-c1c(OCCN3CCOCC3)cccc1C2=O. The van der Waals surface area contributed by atoms with Gasteiger partial charge in [-0.2, -0.15) is 0 Å². The maximum Gasteiger partial charge on any atom is 0.194 e. The molecule has 2 aromatic carbocycles. The van der Waals surface area contributed by atoms with Crippen molar-refractivity contribution in [3.8, 4) is 28.4 Å². The van der Waals surface area contributed by atoms with Crippen LogP contribution in [0.3, 0.4) is 0 Å². The number of morpholine rings is 1. The molecule has 0 amide bonds. The molecule has 1 saturated heterocycles. The molecular formula is C22H25NO5. The van der Waals surface area contributed by atoms with E-state index in [1.165, 1.54) is 0 Å². The Morgan fingerprint density at radius 3 is 2.57 bits per heavy atom. The van der Waals surface area contributed by atoms with Gasteiger partial charge >= 0.3 is 0 Å². The van der Waals surface area contributed by atoms with Crippen LogP contribution in [-0.2, 0) is 4.74 Å². The highest BCUT2D eigenvalue weighted by atomic mass is 16.5. The first-order valence-electron chi connectivity index (χ1n) is 9.68. The van der Waals surface area contributed by atoms with Crippen LogP contribution in [0.15, 0.2) is 30.3 Å². The number of carbonyl (C=O) groups is 1. The zero-order chi connectivity index (χ0) is 19.5. The fourth-order valence-electron chi connectivity index (χ4n) is 3.77. The van der Waals surface area contributed by atoms with Crippen LogP contribution in [0.5, 0.6) is 17.2 Å². The molecule has 2 aliphatic rings. The van der Waals surface area contributed by atoms with Gasteiger partial charge < -0.3 is 18.9 Å². The van der Waals surface area contributed by atoms with Gasteiger partial charge in [-0.15, -0.1) is 0 Å². The van der Waals surface area contributed by atoms with Crippen LogP contribution in [0.4, 0.5) is 0 Å². The van der Waals surface area contributed by atoms with Crippen LogP contribution in [0.2, 0.25) is 0 Å². The van der Waals surface area contributed by atoms with Gasteiger partial charge in [0.15, 0.2) is 5.78 Å². The molecule has 0 saturated carbocycles. The number of hydrogen-bond donors (Lipinski definition) is 0. The molecule has 0 aromatic heterocycles. The number of hydrogen-bond acceptors (Lipinski definition) is 6. The normalized spacial score (nSPS) is 15.9. The van der Waals surface area contributed by atoms with Crippen LogP contribution in [-0.4, -0.2) is 63.9 Å². The summed E-state index contributed by atoms with van der Waals surface area (Å²) in [6.45, 7) is 7.19. The summed E-state index contributed by atoms with van der Waals surface area (Å²) in [4.78, 5) is 15.3. The summed E-state index contributed by atoms with van der Waals surface area (Å²) < 4.78 is 22.7. The zero-order valence-electron chi connectivity index (χ0n) is 16.3. The summed E-state index contributed by atoms with van der Waals surface area (Å²) in [5, 5.41) is 0. The van der Waals surface area contributed by atoms with Gasteiger partial charge in [0, 0.05) is 48.0 Å². The second-order valence-corrected chi connectivity index (χ2v) is 6.79. The Bertz CT molecular complexity index is 873. The van der Waals surface area contributed by atoms with E-state index in [0.29, 0.717) is 41.6 Å². The molecule has 2 aromatic rings. The van der Waals surface area contributed by atoms with Crippen molar-refractivity contribution in [1.29, 1.82) is 0 Å². The lowest BCUT2D eigenvalue weighted by molar-refractivity contribution is 0.0323. The molecule has 0 spiro atoms. The lowest BCUT2D eigenvalue weighted by atomic mass is 10.0. The Kier molecular flexibility index (Phi) is 5.50. The van der Waals surface area contributed by atoms with Gasteiger partial charge in [0.1, 0.15) is 23.9 Å². The number of rotatable bonds is 7. The highest BCUT2D eigenvalue weighted by Crippen LogP contribution is 2.48. The van der Waals surface area contributed by atoms with E-state index in [-0.39, 0.29) is 5.78 Å². The molecule has 1 fully saturated rings. The monoisotopic (exact) mass is 383 g/mol. The van der Waals surface area contributed by atoms with Crippen molar-refractivity contribution in [2.75, 3.05) is 53.2 Å². The maximum atomic E-state index is 13.0. The average Bonchev–Trinajstić information content (AvgIpc) is 3.02. The summed E-state index contributed by atoms with van der Waals surface area (Å²) in [6.07, 6.45) is 0. The van der Waals surface area contributed by atoms with Crippen molar-refractivity contribution in [2.45, 2.75) is 6.92 Å². The van der Waals surface area contributed by atoms with E-state index in [1.54, 1.807) is 13.2 Å². The van der Waals surface area contributed by atoms with Crippen molar-refractivity contribution in [2.24, 2.45) is 0 Å². The minimum Gasteiger partial charge on any atom is -0.497 e. The van der Waals surface area contributed by atoms with Gasteiger partial charge in [-0.3, -0.25) is 9.69 Å². The molecule has 148 valence electrons. The topological polar surface area (TPSA) is 57.2 Å². The molecule has 1 aliphatic heterocycles. The summed E-state index contributed by atoms with van der Waals surface area (Å²) in [6, 6.07) is 9.23. The summed E-state index contributed by atoms with van der Waals surface area (Å²) in [5.74, 6) is 1.94. The number of benzene rings is 2. The van der Waals surface area contributed by atoms with E-state index >= 15 is 0 Å². The van der Waals surface area contributed by atoms with Gasteiger partial charge in [-0.1, -0.05) is 12.1 Å². The van der Waals surface area contributed by atoms with Crippen LogP contribution >= 0.6 is 0 Å². The number of ketones is 1. The van der Waals surface area contributed by atoms with E-state index in [1.807, 2.05) is 31.2 Å². The van der Waals surface area contributed by atoms with Crippen LogP contribution in [0.25, 0.3) is 11.1 Å². The van der Waals surface area contributed by atoms with E-state index in [9.17, 15) is 4.79 Å². The predicted octanol–water partition coefficient (Wildman–Crippen LogP) is 3.02. The van der Waals surface area contributed by atoms with E-state index in [2.05, 4.69) is 4.90 Å². The van der Waals surface area contributed by atoms with Crippen LogP contribution < -0.4 is 14.2 Å². The van der Waals surface area contributed by atoms with Crippen molar-refractivity contribution in [3.63, 3.8) is 0 Å². The van der Waals surface area contributed by atoms with E-state index in [4.69, 9.17) is 18.9 Å². The van der Waals surface area contributed by atoms with Gasteiger partial charge in [-0.25, -0.2) is 0 Å². The smallest absolute Gasteiger partial charge is 0.194 e. The first-order valence-corrected chi connectivity index (χ1v) is 9.68. The second-order valence-electron chi connectivity index (χ2n) is 6.79. The Balaban J connectivity index is 1.65. The highest BCUT2D eigenvalue weighted by Gasteiger charge is 2.33. The Labute approximate surface area is 165 Å². The minimum atomic E-state index is -0.0246. The lowest BCUT2D eigenvalue weighted by Gasteiger charge is -2.26. The summed E-state index contributed by atoms with van der Waals surface area (Å²) in [5.41, 5.74) is 2.86. The van der Waals surface area contributed by atoms with Crippen molar-refractivity contribution >= 4 is 5.78 Å². The number of methoxy groups -OCH3 is 1. The first kappa shape index (κ1) is 18.8. The molecule has 1 aliphatic carbocycles. The van der Waals surface area contributed by atoms with Crippen LogP contribution in [0.1, 0.15) is 22.8 Å². The quantitative estimate of drug-likeness (QED) is 0.625. The zero-order valence-corrected chi connectivity index (χ0v) is 16.3. The number of ether oxygens (including phenoxy) is 4.